The van der Waals surface area contributed by atoms with Gasteiger partial charge in [0.15, 0.2) is 0 Å². The van der Waals surface area contributed by atoms with Crippen molar-refractivity contribution in [2.45, 2.75) is 82.4 Å². The van der Waals surface area contributed by atoms with Crippen molar-refractivity contribution in [2.24, 2.45) is 0 Å². The maximum absolute atomic E-state index is 12.6. The van der Waals surface area contributed by atoms with E-state index in [0.29, 0.717) is 24.5 Å². The average molecular weight is 494 g/mol. The summed E-state index contributed by atoms with van der Waals surface area (Å²) in [5.41, 5.74) is 0.218. The summed E-state index contributed by atoms with van der Waals surface area (Å²) < 4.78 is 5.42. The number of carbonyl (C=O) groups excluding carboxylic acids is 2. The third-order valence-corrected chi connectivity index (χ3v) is 6.98. The lowest BCUT2D eigenvalue weighted by molar-refractivity contribution is -0.147. The molecule has 1 aromatic carbocycles. The Morgan fingerprint density at radius 3 is 2.53 bits per heavy atom. The minimum absolute atomic E-state index is 0.134. The predicted octanol–water partition coefficient (Wildman–Crippen LogP) is 3.71. The van der Waals surface area contributed by atoms with Gasteiger partial charge in [-0.05, 0) is 77.0 Å². The van der Waals surface area contributed by atoms with Gasteiger partial charge in [-0.2, -0.15) is 0 Å². The lowest BCUT2D eigenvalue weighted by Crippen LogP contribution is -2.49. The zero-order valence-corrected chi connectivity index (χ0v) is 21.0. The zero-order valence-electron chi connectivity index (χ0n) is 20.2. The molecule has 1 heterocycles. The van der Waals surface area contributed by atoms with E-state index in [-0.39, 0.29) is 23.9 Å². The maximum atomic E-state index is 12.6. The van der Waals surface area contributed by atoms with Crippen LogP contribution in [0.5, 0.6) is 0 Å². The number of likely N-dealkylation sites (tertiary alicyclic amines) is 1. The van der Waals surface area contributed by atoms with Crippen molar-refractivity contribution in [1.29, 1.82) is 0 Å². The van der Waals surface area contributed by atoms with Crippen molar-refractivity contribution in [3.63, 3.8) is 0 Å². The number of amides is 2. The molecule has 1 atom stereocenters. The van der Waals surface area contributed by atoms with Crippen molar-refractivity contribution in [1.82, 2.24) is 15.5 Å². The molecule has 3 N–H and O–H groups in total. The Hall–Kier alpha value is -2.32. The summed E-state index contributed by atoms with van der Waals surface area (Å²) in [7, 11) is 0. The number of halogens is 1. The molecule has 1 aliphatic carbocycles. The fourth-order valence-electron chi connectivity index (χ4n) is 4.97. The van der Waals surface area contributed by atoms with Crippen molar-refractivity contribution < 1.29 is 24.2 Å². The summed E-state index contributed by atoms with van der Waals surface area (Å²) in [6.45, 7) is 6.56. The van der Waals surface area contributed by atoms with E-state index < -0.39 is 23.7 Å². The molecular formula is C25H36ClN3O5. The van der Waals surface area contributed by atoms with Gasteiger partial charge in [-0.1, -0.05) is 23.7 Å². The first-order valence-electron chi connectivity index (χ1n) is 12.0. The fourth-order valence-corrected chi connectivity index (χ4v) is 5.16. The molecule has 0 bridgehead atoms. The van der Waals surface area contributed by atoms with E-state index in [1.807, 2.05) is 45.0 Å². The van der Waals surface area contributed by atoms with Gasteiger partial charge in [-0.3, -0.25) is 4.79 Å². The Morgan fingerprint density at radius 1 is 1.21 bits per heavy atom. The average Bonchev–Trinajstić information content (AvgIpc) is 3.26. The van der Waals surface area contributed by atoms with Crippen LogP contribution in [-0.2, 0) is 19.7 Å². The van der Waals surface area contributed by atoms with Gasteiger partial charge in [0.1, 0.15) is 11.6 Å². The number of hydrogen-bond donors (Lipinski definition) is 3. The molecule has 0 spiro atoms. The minimum Gasteiger partial charge on any atom is -0.480 e. The van der Waals surface area contributed by atoms with Crippen molar-refractivity contribution in [3.05, 3.63) is 34.9 Å². The van der Waals surface area contributed by atoms with Crippen LogP contribution in [0.4, 0.5) is 4.79 Å². The quantitative estimate of drug-likeness (QED) is 0.534. The van der Waals surface area contributed by atoms with Gasteiger partial charge in [0, 0.05) is 29.6 Å². The van der Waals surface area contributed by atoms with Crippen LogP contribution in [0, 0.1) is 0 Å². The summed E-state index contributed by atoms with van der Waals surface area (Å²) in [5.74, 6) is -1.10. The van der Waals surface area contributed by atoms with E-state index in [2.05, 4.69) is 10.6 Å². The first-order valence-corrected chi connectivity index (χ1v) is 12.4. The highest BCUT2D eigenvalue weighted by Crippen LogP contribution is 2.40. The Bertz CT molecular complexity index is 893. The molecule has 188 valence electrons. The number of aliphatic carboxylic acids is 1. The van der Waals surface area contributed by atoms with Crippen LogP contribution in [0.25, 0.3) is 0 Å². The maximum Gasteiger partial charge on any atom is 0.407 e. The number of rotatable bonds is 7. The van der Waals surface area contributed by atoms with Gasteiger partial charge in [0.05, 0.1) is 6.54 Å². The van der Waals surface area contributed by atoms with Gasteiger partial charge in [-0.25, -0.2) is 9.59 Å². The molecule has 2 aliphatic rings. The van der Waals surface area contributed by atoms with Crippen LogP contribution in [0.15, 0.2) is 24.3 Å². The van der Waals surface area contributed by atoms with E-state index in [9.17, 15) is 19.5 Å². The van der Waals surface area contributed by atoms with E-state index in [1.165, 1.54) is 4.90 Å². The second-order valence-electron chi connectivity index (χ2n) is 10.4. The van der Waals surface area contributed by atoms with Gasteiger partial charge < -0.3 is 25.4 Å². The number of benzene rings is 1. The molecule has 3 rings (SSSR count). The number of nitrogens with one attached hydrogen (secondary N) is 2. The van der Waals surface area contributed by atoms with Gasteiger partial charge >= 0.3 is 12.1 Å². The number of nitrogens with zero attached hydrogens (tertiary/aromatic N) is 1. The summed E-state index contributed by atoms with van der Waals surface area (Å²) in [6.07, 6.45) is 4.03. The van der Waals surface area contributed by atoms with Crippen LogP contribution in [0.1, 0.15) is 64.9 Å². The number of carboxylic acids is 1. The smallest absolute Gasteiger partial charge is 0.407 e. The third kappa shape index (κ3) is 6.85. The van der Waals surface area contributed by atoms with Gasteiger partial charge in [0.2, 0.25) is 5.91 Å². The van der Waals surface area contributed by atoms with Crippen LogP contribution in [0.2, 0.25) is 5.02 Å². The Morgan fingerprint density at radius 2 is 1.91 bits per heavy atom. The largest absolute Gasteiger partial charge is 0.480 e. The predicted molar refractivity (Wildman–Crippen MR) is 130 cm³/mol. The third-order valence-electron chi connectivity index (χ3n) is 6.75. The standard InChI is InChI=1S/C25H36ClN3O5/c1-24(2,3)34-23(33)28-16-25(17-6-4-7-18(26)14-17)11-9-19(10-12-25)27-15-21(30)29-13-5-8-20(29)22(31)32/h4,6-7,14,19-20,27H,5,8-13,15-16H2,1-3H3,(H,28,33)(H,31,32)/t19-,20-,25+/m1/s1. The molecule has 0 radical (unpaired) electrons. The lowest BCUT2D eigenvalue weighted by Gasteiger charge is -2.41. The highest BCUT2D eigenvalue weighted by Gasteiger charge is 2.38. The zero-order chi connectivity index (χ0) is 24.9. The molecule has 1 saturated carbocycles. The molecule has 34 heavy (non-hydrogen) atoms. The molecule has 8 nitrogen and oxygen atoms in total. The molecule has 9 heteroatoms. The highest BCUT2D eigenvalue weighted by atomic mass is 35.5. The second-order valence-corrected chi connectivity index (χ2v) is 10.8. The molecule has 2 amide bonds. The topological polar surface area (TPSA) is 108 Å². The van der Waals surface area contributed by atoms with Gasteiger partial charge in [0.25, 0.3) is 0 Å². The SMILES string of the molecule is CC(C)(C)OC(=O)NC[C@]1(c2cccc(Cl)c2)CC[C@@H](NCC(=O)N2CCC[C@@H]2C(=O)O)CC1. The van der Waals surface area contributed by atoms with Crippen LogP contribution < -0.4 is 10.6 Å². The molecular weight excluding hydrogens is 458 g/mol. The number of hydrogen-bond acceptors (Lipinski definition) is 5. The van der Waals surface area contributed by atoms with Crippen LogP contribution >= 0.6 is 11.6 Å². The van der Waals surface area contributed by atoms with Crippen LogP contribution in [0.3, 0.4) is 0 Å². The Balaban J connectivity index is 1.60. The normalized spacial score (nSPS) is 25.1. The summed E-state index contributed by atoms with van der Waals surface area (Å²) >= 11 is 6.28. The number of ether oxygens (including phenoxy) is 1. The van der Waals surface area contributed by atoms with E-state index in [0.717, 1.165) is 37.7 Å². The number of carboxylic acid groups (broad SMARTS) is 1. The van der Waals surface area contributed by atoms with E-state index in [4.69, 9.17) is 16.3 Å². The van der Waals surface area contributed by atoms with Crippen LogP contribution in [-0.4, -0.2) is 65.3 Å². The van der Waals surface area contributed by atoms with Crippen molar-refractivity contribution >= 4 is 29.6 Å². The first kappa shape index (κ1) is 26.3. The van der Waals surface area contributed by atoms with Crippen molar-refractivity contribution in [3.8, 4) is 0 Å². The molecule has 1 saturated heterocycles. The summed E-state index contributed by atoms with van der Waals surface area (Å²) in [4.78, 5) is 37.8. The summed E-state index contributed by atoms with van der Waals surface area (Å²) in [5, 5.41) is 16.3. The molecule has 0 unspecified atom stereocenters. The first-order chi connectivity index (χ1) is 16.0. The second kappa shape index (κ2) is 11.0. The van der Waals surface area contributed by atoms with Gasteiger partial charge in [-0.15, -0.1) is 0 Å². The van der Waals surface area contributed by atoms with E-state index >= 15 is 0 Å². The molecule has 1 aliphatic heterocycles. The van der Waals surface area contributed by atoms with E-state index in [1.54, 1.807) is 0 Å². The fraction of sp³-hybridized carbons (Fsp3) is 0.640. The monoisotopic (exact) mass is 493 g/mol. The number of alkyl carbamates (subject to hydrolysis) is 1. The Kier molecular flexibility index (Phi) is 8.47. The molecule has 0 aromatic heterocycles. The van der Waals surface area contributed by atoms with Crippen molar-refractivity contribution in [2.75, 3.05) is 19.6 Å². The highest BCUT2D eigenvalue weighted by molar-refractivity contribution is 6.30. The summed E-state index contributed by atoms with van der Waals surface area (Å²) in [6, 6.07) is 7.18. The Labute approximate surface area is 206 Å². The lowest BCUT2D eigenvalue weighted by atomic mass is 9.68. The minimum atomic E-state index is -0.938. The molecule has 1 aromatic rings. The number of carbonyl (C=O) groups is 3. The molecule has 2 fully saturated rings.